The zero-order chi connectivity index (χ0) is 24.8. The minimum Gasteiger partial charge on any atom is -0.497 e. The lowest BCUT2D eigenvalue weighted by Gasteiger charge is -2.14. The molecule has 0 unspecified atom stereocenters. The van der Waals surface area contributed by atoms with Crippen LogP contribution >= 0.6 is 0 Å². The van der Waals surface area contributed by atoms with Crippen molar-refractivity contribution < 1.29 is 23.7 Å². The van der Waals surface area contributed by atoms with Gasteiger partial charge in [0.1, 0.15) is 5.75 Å². The maximum atomic E-state index is 13.0. The molecule has 0 spiro atoms. The van der Waals surface area contributed by atoms with Crippen LogP contribution < -0.4 is 24.3 Å². The van der Waals surface area contributed by atoms with Gasteiger partial charge in [0.2, 0.25) is 11.6 Å². The first kappa shape index (κ1) is 23.6. The Hall–Kier alpha value is -4.53. The molecule has 0 atom stereocenters. The largest absolute Gasteiger partial charge is 0.497 e. The molecule has 35 heavy (non-hydrogen) atoms. The first-order valence-electron chi connectivity index (χ1n) is 10.8. The number of methoxy groups -OCH3 is 4. The fourth-order valence-corrected chi connectivity index (χ4v) is 3.58. The van der Waals surface area contributed by atoms with Crippen molar-refractivity contribution in [2.24, 2.45) is 0 Å². The average molecular weight is 475 g/mol. The quantitative estimate of drug-likeness (QED) is 0.393. The Morgan fingerprint density at radius 3 is 2.09 bits per heavy atom. The zero-order valence-corrected chi connectivity index (χ0v) is 19.9. The van der Waals surface area contributed by atoms with E-state index in [-0.39, 0.29) is 12.4 Å². The van der Waals surface area contributed by atoms with Crippen LogP contribution in [-0.4, -0.2) is 49.1 Å². The van der Waals surface area contributed by atoms with Gasteiger partial charge >= 0.3 is 0 Å². The highest BCUT2D eigenvalue weighted by Gasteiger charge is 2.20. The fraction of sp³-hybridized carbons (Fsp3) is 0.192. The molecule has 0 saturated carbocycles. The maximum Gasteiger partial charge on any atom is 0.291 e. The van der Waals surface area contributed by atoms with Crippen LogP contribution in [0.3, 0.4) is 0 Å². The van der Waals surface area contributed by atoms with Gasteiger partial charge in [-0.2, -0.15) is 0 Å². The summed E-state index contributed by atoms with van der Waals surface area (Å²) in [5.41, 5.74) is 2.35. The van der Waals surface area contributed by atoms with Gasteiger partial charge in [-0.15, -0.1) is 5.10 Å². The third kappa shape index (κ3) is 5.03. The summed E-state index contributed by atoms with van der Waals surface area (Å²) in [6.45, 7) is 0.216. The molecule has 1 amide bonds. The summed E-state index contributed by atoms with van der Waals surface area (Å²) in [6.07, 6.45) is 0. The molecule has 9 nitrogen and oxygen atoms in total. The number of ether oxygens (including phenoxy) is 4. The van der Waals surface area contributed by atoms with Gasteiger partial charge < -0.3 is 24.3 Å². The molecule has 0 aliphatic carbocycles. The van der Waals surface area contributed by atoms with E-state index < -0.39 is 5.91 Å². The summed E-state index contributed by atoms with van der Waals surface area (Å²) in [6, 6.07) is 20.5. The number of carbonyl (C=O) groups is 1. The molecule has 4 rings (SSSR count). The van der Waals surface area contributed by atoms with Gasteiger partial charge in [-0.25, -0.2) is 9.67 Å². The number of hydrogen-bond acceptors (Lipinski definition) is 7. The number of nitrogens with zero attached hydrogens (tertiary/aromatic N) is 3. The van der Waals surface area contributed by atoms with Crippen molar-refractivity contribution in [3.63, 3.8) is 0 Å². The van der Waals surface area contributed by atoms with Crippen molar-refractivity contribution in [3.8, 4) is 40.1 Å². The van der Waals surface area contributed by atoms with Crippen molar-refractivity contribution >= 4 is 5.91 Å². The second-order valence-corrected chi connectivity index (χ2v) is 7.45. The normalized spacial score (nSPS) is 10.5. The van der Waals surface area contributed by atoms with Gasteiger partial charge in [0, 0.05) is 12.1 Å². The Bertz CT molecular complexity index is 1280. The number of rotatable bonds is 9. The Morgan fingerprint density at radius 2 is 1.51 bits per heavy atom. The first-order valence-corrected chi connectivity index (χ1v) is 10.8. The minimum atomic E-state index is -0.414. The second kappa shape index (κ2) is 10.6. The fourth-order valence-electron chi connectivity index (χ4n) is 3.58. The van der Waals surface area contributed by atoms with Gasteiger partial charge in [0.15, 0.2) is 17.3 Å². The van der Waals surface area contributed by atoms with Crippen LogP contribution in [0.1, 0.15) is 16.2 Å². The van der Waals surface area contributed by atoms with Gasteiger partial charge in [0.25, 0.3) is 5.91 Å². The third-order valence-corrected chi connectivity index (χ3v) is 5.34. The molecular formula is C26H26N4O5. The van der Waals surface area contributed by atoms with Gasteiger partial charge in [0.05, 0.1) is 34.1 Å². The zero-order valence-electron chi connectivity index (χ0n) is 19.9. The van der Waals surface area contributed by atoms with Crippen LogP contribution in [0.5, 0.6) is 23.0 Å². The molecule has 1 N–H and O–H groups in total. The van der Waals surface area contributed by atoms with E-state index >= 15 is 0 Å². The SMILES string of the molecule is COc1ccc(-n2nc(C(=O)NCc3cc(OC)c(OC)c(OC)c3)nc2-c2ccccc2)cc1. The van der Waals surface area contributed by atoms with Crippen LogP contribution in [0.2, 0.25) is 0 Å². The molecule has 9 heteroatoms. The van der Waals surface area contributed by atoms with E-state index in [1.807, 2.05) is 54.6 Å². The first-order chi connectivity index (χ1) is 17.1. The standard InChI is InChI=1S/C26H26N4O5/c1-32-20-12-10-19(11-13-20)30-25(18-8-6-5-7-9-18)28-24(29-30)26(31)27-16-17-14-21(33-2)23(35-4)22(15-17)34-3/h5-15H,16H2,1-4H3,(H,27,31). The topological polar surface area (TPSA) is 96.7 Å². The molecule has 3 aromatic carbocycles. The monoisotopic (exact) mass is 474 g/mol. The highest BCUT2D eigenvalue weighted by atomic mass is 16.5. The van der Waals surface area contributed by atoms with Crippen LogP contribution in [0, 0.1) is 0 Å². The average Bonchev–Trinajstić information content (AvgIpc) is 3.37. The summed E-state index contributed by atoms with van der Waals surface area (Å²) >= 11 is 0. The van der Waals surface area contributed by atoms with Gasteiger partial charge in [-0.05, 0) is 42.0 Å². The summed E-state index contributed by atoms with van der Waals surface area (Å²) in [5.74, 6) is 2.40. The predicted octanol–water partition coefficient (Wildman–Crippen LogP) is 3.90. The maximum absolute atomic E-state index is 13.0. The lowest BCUT2D eigenvalue weighted by Crippen LogP contribution is -2.24. The highest BCUT2D eigenvalue weighted by Crippen LogP contribution is 2.38. The number of hydrogen-bond donors (Lipinski definition) is 1. The molecular weight excluding hydrogens is 448 g/mol. The number of amides is 1. The number of nitrogens with one attached hydrogen (secondary N) is 1. The molecule has 0 saturated heterocycles. The number of benzene rings is 3. The lowest BCUT2D eigenvalue weighted by molar-refractivity contribution is 0.0940. The predicted molar refractivity (Wildman–Crippen MR) is 131 cm³/mol. The van der Waals surface area contributed by atoms with Crippen molar-refractivity contribution in [3.05, 3.63) is 78.1 Å². The van der Waals surface area contributed by atoms with Crippen molar-refractivity contribution in [2.45, 2.75) is 6.54 Å². The smallest absolute Gasteiger partial charge is 0.291 e. The van der Waals surface area contributed by atoms with Gasteiger partial charge in [-0.3, -0.25) is 4.79 Å². The van der Waals surface area contributed by atoms with E-state index in [2.05, 4.69) is 15.4 Å². The summed E-state index contributed by atoms with van der Waals surface area (Å²) < 4.78 is 23.0. The van der Waals surface area contributed by atoms with E-state index in [9.17, 15) is 4.79 Å². The third-order valence-electron chi connectivity index (χ3n) is 5.34. The Balaban J connectivity index is 1.62. The van der Waals surface area contributed by atoms with Crippen molar-refractivity contribution in [1.82, 2.24) is 20.1 Å². The van der Waals surface area contributed by atoms with E-state index in [0.29, 0.717) is 23.1 Å². The van der Waals surface area contributed by atoms with Crippen molar-refractivity contribution in [1.29, 1.82) is 0 Å². The Labute approximate surface area is 203 Å². The number of carbonyl (C=O) groups excluding carboxylic acids is 1. The minimum absolute atomic E-state index is 0.0483. The molecule has 0 aliphatic heterocycles. The molecule has 1 heterocycles. The summed E-state index contributed by atoms with van der Waals surface area (Å²) in [4.78, 5) is 17.6. The Morgan fingerprint density at radius 1 is 0.857 bits per heavy atom. The van der Waals surface area contributed by atoms with Crippen LogP contribution in [0.25, 0.3) is 17.1 Å². The summed E-state index contributed by atoms with van der Waals surface area (Å²) in [7, 11) is 6.23. The van der Waals surface area contributed by atoms with Crippen LogP contribution in [0.15, 0.2) is 66.7 Å². The highest BCUT2D eigenvalue weighted by molar-refractivity contribution is 5.91. The molecule has 0 bridgehead atoms. The molecule has 4 aromatic rings. The van der Waals surface area contributed by atoms with Crippen LogP contribution in [-0.2, 0) is 6.54 Å². The molecule has 0 fully saturated rings. The summed E-state index contributed by atoms with van der Waals surface area (Å²) in [5, 5.41) is 7.37. The van der Waals surface area contributed by atoms with E-state index in [1.54, 1.807) is 38.1 Å². The van der Waals surface area contributed by atoms with Crippen molar-refractivity contribution in [2.75, 3.05) is 28.4 Å². The van der Waals surface area contributed by atoms with Crippen LogP contribution in [0.4, 0.5) is 0 Å². The second-order valence-electron chi connectivity index (χ2n) is 7.45. The number of aromatic nitrogens is 3. The molecule has 1 aromatic heterocycles. The van der Waals surface area contributed by atoms with E-state index in [1.165, 1.54) is 7.11 Å². The lowest BCUT2D eigenvalue weighted by atomic mass is 10.1. The molecule has 180 valence electrons. The van der Waals surface area contributed by atoms with E-state index in [0.717, 1.165) is 22.6 Å². The molecule has 0 aliphatic rings. The van der Waals surface area contributed by atoms with E-state index in [4.69, 9.17) is 18.9 Å². The molecule has 0 radical (unpaired) electrons. The van der Waals surface area contributed by atoms with Gasteiger partial charge in [-0.1, -0.05) is 30.3 Å². The Kier molecular flexibility index (Phi) is 7.15.